The molecule has 0 amide bonds. The van der Waals surface area contributed by atoms with Crippen molar-refractivity contribution in [1.29, 1.82) is 5.26 Å². The number of nitrogens with zero attached hydrogens (tertiary/aromatic N) is 1. The van der Waals surface area contributed by atoms with Gasteiger partial charge in [-0.15, -0.1) is 0 Å². The van der Waals surface area contributed by atoms with Crippen LogP contribution in [-0.2, 0) is 14.3 Å². The summed E-state index contributed by atoms with van der Waals surface area (Å²) >= 11 is 0. The molecule has 0 aliphatic carbocycles. The van der Waals surface area contributed by atoms with Gasteiger partial charge in [0, 0.05) is 18.7 Å². The van der Waals surface area contributed by atoms with Crippen molar-refractivity contribution in [2.75, 3.05) is 34.0 Å². The lowest BCUT2D eigenvalue weighted by atomic mass is 10.1. The highest BCUT2D eigenvalue weighted by molar-refractivity contribution is 5.93. The summed E-state index contributed by atoms with van der Waals surface area (Å²) in [5.41, 5.74) is 1.49. The highest BCUT2D eigenvalue weighted by atomic mass is 16.6. The van der Waals surface area contributed by atoms with E-state index in [1.54, 1.807) is 13.2 Å². The number of esters is 1. The molecule has 1 heterocycles. The average Bonchev–Trinajstić information content (AvgIpc) is 2.59. The lowest BCUT2D eigenvalue weighted by molar-refractivity contribution is -0.139. The molecule has 1 aliphatic heterocycles. The molecule has 0 saturated carbocycles. The predicted octanol–water partition coefficient (Wildman–Crippen LogP) is 2.11. The van der Waals surface area contributed by atoms with Crippen molar-refractivity contribution in [2.45, 2.75) is 0 Å². The second-order valence-electron chi connectivity index (χ2n) is 4.71. The summed E-state index contributed by atoms with van der Waals surface area (Å²) in [5.74, 6) is 0.726. The third-order valence-corrected chi connectivity index (χ3v) is 3.15. The first kappa shape index (κ1) is 16.6. The van der Waals surface area contributed by atoms with Crippen LogP contribution in [-0.4, -0.2) is 40.0 Å². The Morgan fingerprint density at radius 2 is 2.22 bits per heavy atom. The molecule has 6 heteroatoms. The summed E-state index contributed by atoms with van der Waals surface area (Å²) in [4.78, 5) is 11.8. The zero-order valence-electron chi connectivity index (χ0n) is 13.0. The number of methoxy groups -OCH3 is 2. The van der Waals surface area contributed by atoms with Gasteiger partial charge in [0.25, 0.3) is 0 Å². The first-order valence-corrected chi connectivity index (χ1v) is 6.97. The first-order valence-electron chi connectivity index (χ1n) is 6.97. The second-order valence-corrected chi connectivity index (χ2v) is 4.71. The van der Waals surface area contributed by atoms with Gasteiger partial charge in [-0.05, 0) is 29.9 Å². The van der Waals surface area contributed by atoms with Crippen molar-refractivity contribution in [3.05, 3.63) is 41.0 Å². The zero-order chi connectivity index (χ0) is 16.7. The van der Waals surface area contributed by atoms with Crippen LogP contribution in [0.5, 0.6) is 11.5 Å². The maximum atomic E-state index is 11.8. The standard InChI is InChI=1S/C17H17NO5/c1-20-5-6-22-17(19)14(10-18)8-12-7-13-3-4-15(21-2)9-16(13)23-11-12/h3-4,7-9H,5-6,11H2,1-2H3/b14-8+. The fraction of sp³-hybridized carbons (Fsp3) is 0.294. The Hall–Kier alpha value is -2.78. The van der Waals surface area contributed by atoms with Crippen LogP contribution >= 0.6 is 0 Å². The second kappa shape index (κ2) is 8.01. The Morgan fingerprint density at radius 3 is 2.91 bits per heavy atom. The third-order valence-electron chi connectivity index (χ3n) is 3.15. The van der Waals surface area contributed by atoms with E-state index in [1.165, 1.54) is 13.2 Å². The molecule has 0 unspecified atom stereocenters. The normalized spacial score (nSPS) is 13.3. The highest BCUT2D eigenvalue weighted by Crippen LogP contribution is 2.30. The van der Waals surface area contributed by atoms with Crippen molar-refractivity contribution >= 4 is 12.0 Å². The van der Waals surface area contributed by atoms with Crippen molar-refractivity contribution in [1.82, 2.24) is 0 Å². The summed E-state index contributed by atoms with van der Waals surface area (Å²) in [7, 11) is 3.09. The van der Waals surface area contributed by atoms with Crippen molar-refractivity contribution in [3.63, 3.8) is 0 Å². The minimum absolute atomic E-state index is 0.0760. The lowest BCUT2D eigenvalue weighted by Crippen LogP contribution is -2.12. The minimum atomic E-state index is -0.675. The molecule has 1 aromatic carbocycles. The van der Waals surface area contributed by atoms with Gasteiger partial charge in [-0.3, -0.25) is 0 Å². The maximum Gasteiger partial charge on any atom is 0.348 e. The van der Waals surface area contributed by atoms with Crippen LogP contribution in [0.25, 0.3) is 6.08 Å². The van der Waals surface area contributed by atoms with Gasteiger partial charge in [0.05, 0.1) is 13.7 Å². The predicted molar refractivity (Wildman–Crippen MR) is 83.0 cm³/mol. The smallest absolute Gasteiger partial charge is 0.348 e. The SMILES string of the molecule is COCCOC(=O)/C(C#N)=C/C1=Cc2ccc(OC)cc2OC1. The summed E-state index contributed by atoms with van der Waals surface area (Å²) in [6.07, 6.45) is 3.33. The number of rotatable bonds is 6. The molecule has 0 saturated heterocycles. The van der Waals surface area contributed by atoms with E-state index >= 15 is 0 Å². The van der Waals surface area contributed by atoms with Gasteiger partial charge in [0.15, 0.2) is 0 Å². The number of hydrogen-bond acceptors (Lipinski definition) is 6. The van der Waals surface area contributed by atoms with E-state index in [2.05, 4.69) is 0 Å². The zero-order valence-corrected chi connectivity index (χ0v) is 13.0. The summed E-state index contributed by atoms with van der Waals surface area (Å²) in [5, 5.41) is 9.11. The van der Waals surface area contributed by atoms with E-state index in [-0.39, 0.29) is 25.4 Å². The van der Waals surface area contributed by atoms with E-state index in [1.807, 2.05) is 24.3 Å². The summed E-state index contributed by atoms with van der Waals surface area (Å²) in [6, 6.07) is 7.30. The monoisotopic (exact) mass is 315 g/mol. The number of carbonyl (C=O) groups is 1. The van der Waals surface area contributed by atoms with E-state index in [0.717, 1.165) is 5.56 Å². The van der Waals surface area contributed by atoms with E-state index in [4.69, 9.17) is 24.2 Å². The number of nitriles is 1. The molecule has 0 radical (unpaired) electrons. The molecule has 0 N–H and O–H groups in total. The summed E-state index contributed by atoms with van der Waals surface area (Å²) in [6.45, 7) is 0.648. The van der Waals surface area contributed by atoms with Gasteiger partial charge < -0.3 is 18.9 Å². The largest absolute Gasteiger partial charge is 0.497 e. The molecule has 120 valence electrons. The molecule has 1 aromatic rings. The summed E-state index contributed by atoms with van der Waals surface area (Å²) < 4.78 is 20.5. The van der Waals surface area contributed by atoms with Crippen LogP contribution in [0.2, 0.25) is 0 Å². The fourth-order valence-corrected chi connectivity index (χ4v) is 1.99. The molecule has 0 bridgehead atoms. The topological polar surface area (TPSA) is 77.8 Å². The van der Waals surface area contributed by atoms with E-state index in [9.17, 15) is 4.79 Å². The molecular formula is C17H17NO5. The molecule has 2 rings (SSSR count). The van der Waals surface area contributed by atoms with Gasteiger partial charge in [-0.1, -0.05) is 0 Å². The number of ether oxygens (including phenoxy) is 4. The molecule has 0 atom stereocenters. The van der Waals surface area contributed by atoms with Crippen LogP contribution in [0.4, 0.5) is 0 Å². The van der Waals surface area contributed by atoms with Crippen LogP contribution in [0, 0.1) is 11.3 Å². The van der Waals surface area contributed by atoms with Gasteiger partial charge in [0.1, 0.15) is 36.4 Å². The Kier molecular flexibility index (Phi) is 5.78. The lowest BCUT2D eigenvalue weighted by Gasteiger charge is -2.17. The molecule has 0 spiro atoms. The Morgan fingerprint density at radius 1 is 1.39 bits per heavy atom. The minimum Gasteiger partial charge on any atom is -0.497 e. The van der Waals surface area contributed by atoms with Crippen LogP contribution in [0.15, 0.2) is 35.4 Å². The van der Waals surface area contributed by atoms with Gasteiger partial charge in [-0.25, -0.2) is 4.79 Å². The quantitative estimate of drug-likeness (QED) is 0.346. The number of benzene rings is 1. The van der Waals surface area contributed by atoms with E-state index in [0.29, 0.717) is 17.1 Å². The maximum absolute atomic E-state index is 11.8. The van der Waals surface area contributed by atoms with Crippen LogP contribution in [0.1, 0.15) is 5.56 Å². The van der Waals surface area contributed by atoms with Gasteiger partial charge >= 0.3 is 5.97 Å². The Balaban J connectivity index is 2.15. The Bertz CT molecular complexity index is 685. The molecule has 0 aromatic heterocycles. The number of carbonyl (C=O) groups excluding carboxylic acids is 1. The van der Waals surface area contributed by atoms with Crippen molar-refractivity contribution < 1.29 is 23.7 Å². The molecule has 1 aliphatic rings. The highest BCUT2D eigenvalue weighted by Gasteiger charge is 2.15. The third kappa shape index (κ3) is 4.34. The van der Waals surface area contributed by atoms with Gasteiger partial charge in [-0.2, -0.15) is 5.26 Å². The van der Waals surface area contributed by atoms with Crippen molar-refractivity contribution in [2.24, 2.45) is 0 Å². The van der Waals surface area contributed by atoms with Crippen LogP contribution in [0.3, 0.4) is 0 Å². The fourth-order valence-electron chi connectivity index (χ4n) is 1.99. The molecular weight excluding hydrogens is 298 g/mol. The first-order chi connectivity index (χ1) is 11.2. The average molecular weight is 315 g/mol. The van der Waals surface area contributed by atoms with E-state index < -0.39 is 5.97 Å². The Labute approximate surface area is 134 Å². The molecule has 23 heavy (non-hydrogen) atoms. The molecule has 0 fully saturated rings. The number of fused-ring (bicyclic) bond motifs is 1. The van der Waals surface area contributed by atoms with Crippen molar-refractivity contribution in [3.8, 4) is 17.6 Å². The van der Waals surface area contributed by atoms with Crippen LogP contribution < -0.4 is 9.47 Å². The number of hydrogen-bond donors (Lipinski definition) is 0. The van der Waals surface area contributed by atoms with Gasteiger partial charge in [0.2, 0.25) is 0 Å². The molecule has 6 nitrogen and oxygen atoms in total.